The summed E-state index contributed by atoms with van der Waals surface area (Å²) in [7, 11) is 3.00. The molecule has 106 valence electrons. The van der Waals surface area contributed by atoms with E-state index in [1.807, 2.05) is 36.6 Å². The lowest BCUT2D eigenvalue weighted by Gasteiger charge is -2.24. The highest BCUT2D eigenvalue weighted by Gasteiger charge is 2.31. The van der Waals surface area contributed by atoms with E-state index in [1.165, 1.54) is 19.2 Å². The van der Waals surface area contributed by atoms with Gasteiger partial charge in [0.1, 0.15) is 6.10 Å². The molecule has 0 aromatic heterocycles. The number of carbonyl (C=O) groups excluding carboxylic acids is 1. The molecular weight excluding hydrogens is 264 g/mol. The maximum Gasteiger partial charge on any atom is 0.311 e. The van der Waals surface area contributed by atoms with Crippen LogP contribution in [0, 0.1) is 5.92 Å². The number of hydrogen-bond acceptors (Lipinski definition) is 5. The van der Waals surface area contributed by atoms with Gasteiger partial charge >= 0.3 is 5.97 Å². The summed E-state index contributed by atoms with van der Waals surface area (Å²) < 4.78 is 15.6. The third-order valence-corrected chi connectivity index (χ3v) is 3.23. The van der Waals surface area contributed by atoms with E-state index in [-0.39, 0.29) is 18.0 Å². The molecule has 0 bridgehead atoms. The van der Waals surface area contributed by atoms with Crippen molar-refractivity contribution in [3.05, 3.63) is 35.9 Å². The molecule has 0 saturated heterocycles. The quantitative estimate of drug-likeness (QED) is 0.542. The highest BCUT2D eigenvalue weighted by atomic mass is 32.2. The molecule has 2 atom stereocenters. The summed E-state index contributed by atoms with van der Waals surface area (Å²) in [6.45, 7) is 0.487. The molecule has 0 radical (unpaired) electrons. The number of benzene rings is 1. The van der Waals surface area contributed by atoms with E-state index in [1.54, 1.807) is 7.11 Å². The van der Waals surface area contributed by atoms with E-state index in [2.05, 4.69) is 0 Å². The fraction of sp³-hybridized carbons (Fsp3) is 0.500. The lowest BCUT2D eigenvalue weighted by atomic mass is 9.93. The van der Waals surface area contributed by atoms with Gasteiger partial charge < -0.3 is 13.7 Å². The minimum Gasteiger partial charge on any atom is -0.469 e. The van der Waals surface area contributed by atoms with Crippen molar-refractivity contribution in [3.63, 3.8) is 0 Å². The topological polar surface area (TPSA) is 44.8 Å². The first-order valence-electron chi connectivity index (χ1n) is 6.05. The first kappa shape index (κ1) is 16.0. The summed E-state index contributed by atoms with van der Waals surface area (Å²) >= 11 is 1.25. The van der Waals surface area contributed by atoms with Crippen LogP contribution in [-0.4, -0.2) is 33.1 Å². The SMILES string of the molecule is COCCC(C(=O)OC)C(OSC)c1ccccc1. The molecule has 0 heterocycles. The second-order valence-corrected chi connectivity index (χ2v) is 4.53. The van der Waals surface area contributed by atoms with Gasteiger partial charge in [-0.25, -0.2) is 0 Å². The lowest BCUT2D eigenvalue weighted by molar-refractivity contribution is -0.149. The molecule has 0 amide bonds. The lowest BCUT2D eigenvalue weighted by Crippen LogP contribution is -2.26. The van der Waals surface area contributed by atoms with Gasteiger partial charge in [0.25, 0.3) is 0 Å². The van der Waals surface area contributed by atoms with Crippen molar-refractivity contribution in [3.8, 4) is 0 Å². The Morgan fingerprint density at radius 1 is 1.26 bits per heavy atom. The largest absolute Gasteiger partial charge is 0.469 e. The molecule has 2 unspecified atom stereocenters. The van der Waals surface area contributed by atoms with Gasteiger partial charge in [0.2, 0.25) is 0 Å². The van der Waals surface area contributed by atoms with Crippen LogP contribution in [0.5, 0.6) is 0 Å². The zero-order valence-electron chi connectivity index (χ0n) is 11.5. The third-order valence-electron chi connectivity index (χ3n) is 2.83. The molecule has 1 aromatic rings. The van der Waals surface area contributed by atoms with Gasteiger partial charge in [-0.05, 0) is 24.0 Å². The van der Waals surface area contributed by atoms with Crippen LogP contribution < -0.4 is 0 Å². The van der Waals surface area contributed by atoms with Crippen LogP contribution in [0.15, 0.2) is 30.3 Å². The van der Waals surface area contributed by atoms with E-state index in [0.717, 1.165) is 5.56 Å². The maximum absolute atomic E-state index is 11.9. The van der Waals surface area contributed by atoms with E-state index < -0.39 is 0 Å². The number of methoxy groups -OCH3 is 2. The van der Waals surface area contributed by atoms with Crippen molar-refractivity contribution >= 4 is 18.0 Å². The van der Waals surface area contributed by atoms with Crippen molar-refractivity contribution in [2.75, 3.05) is 27.1 Å². The van der Waals surface area contributed by atoms with Gasteiger partial charge in [-0.1, -0.05) is 30.3 Å². The number of hydrogen-bond donors (Lipinski definition) is 0. The van der Waals surface area contributed by atoms with Crippen LogP contribution in [0.2, 0.25) is 0 Å². The highest BCUT2D eigenvalue weighted by molar-refractivity contribution is 7.93. The normalized spacial score (nSPS) is 13.8. The molecule has 1 rings (SSSR count). The van der Waals surface area contributed by atoms with Gasteiger partial charge in [-0.3, -0.25) is 4.79 Å². The molecule has 0 spiro atoms. The molecule has 0 N–H and O–H groups in total. The van der Waals surface area contributed by atoms with Gasteiger partial charge in [0.15, 0.2) is 0 Å². The first-order chi connectivity index (χ1) is 9.24. The average molecular weight is 284 g/mol. The summed E-state index contributed by atoms with van der Waals surface area (Å²) in [5.74, 6) is -0.653. The predicted octanol–water partition coefficient (Wildman–Crippen LogP) is 2.85. The summed E-state index contributed by atoms with van der Waals surface area (Å²) in [6.07, 6.45) is 2.06. The van der Waals surface area contributed by atoms with E-state index in [0.29, 0.717) is 13.0 Å². The highest BCUT2D eigenvalue weighted by Crippen LogP contribution is 2.32. The van der Waals surface area contributed by atoms with Crippen LogP contribution in [-0.2, 0) is 18.5 Å². The zero-order valence-corrected chi connectivity index (χ0v) is 12.3. The second kappa shape index (κ2) is 8.96. The number of rotatable bonds is 8. The van der Waals surface area contributed by atoms with Crippen LogP contribution in [0.3, 0.4) is 0 Å². The van der Waals surface area contributed by atoms with Crippen molar-refractivity contribution in [1.82, 2.24) is 0 Å². The summed E-state index contributed by atoms with van der Waals surface area (Å²) in [4.78, 5) is 11.9. The Morgan fingerprint density at radius 3 is 2.47 bits per heavy atom. The summed E-state index contributed by atoms with van der Waals surface area (Å²) in [6, 6.07) is 9.68. The van der Waals surface area contributed by atoms with Gasteiger partial charge in [0.05, 0.1) is 13.0 Å². The molecular formula is C14H20O4S. The maximum atomic E-state index is 11.9. The second-order valence-electron chi connectivity index (χ2n) is 4.01. The Morgan fingerprint density at radius 2 is 1.95 bits per heavy atom. The van der Waals surface area contributed by atoms with Crippen molar-refractivity contribution in [1.29, 1.82) is 0 Å². The number of esters is 1. The predicted molar refractivity (Wildman–Crippen MR) is 75.8 cm³/mol. The first-order valence-corrected chi connectivity index (χ1v) is 7.20. The van der Waals surface area contributed by atoms with Crippen molar-refractivity contribution in [2.24, 2.45) is 5.92 Å². The molecule has 1 aromatic carbocycles. The molecule has 0 aliphatic heterocycles. The van der Waals surface area contributed by atoms with Gasteiger partial charge in [0, 0.05) is 20.0 Å². The number of carbonyl (C=O) groups is 1. The van der Waals surface area contributed by atoms with Crippen LogP contribution in [0.4, 0.5) is 0 Å². The fourth-order valence-electron chi connectivity index (χ4n) is 1.89. The van der Waals surface area contributed by atoms with E-state index in [4.69, 9.17) is 13.7 Å². The fourth-order valence-corrected chi connectivity index (χ4v) is 2.34. The Hall–Kier alpha value is -1.04. The van der Waals surface area contributed by atoms with Crippen LogP contribution >= 0.6 is 12.0 Å². The summed E-state index contributed by atoms with van der Waals surface area (Å²) in [5, 5.41) is 0. The van der Waals surface area contributed by atoms with Crippen molar-refractivity contribution in [2.45, 2.75) is 12.5 Å². The Kier molecular flexibility index (Phi) is 7.55. The minimum atomic E-state index is -0.375. The Bertz CT molecular complexity index is 369. The van der Waals surface area contributed by atoms with Crippen LogP contribution in [0.25, 0.3) is 0 Å². The molecule has 0 aliphatic carbocycles. The molecule has 5 heteroatoms. The molecule has 19 heavy (non-hydrogen) atoms. The monoisotopic (exact) mass is 284 g/mol. The minimum absolute atomic E-state index is 0.278. The Labute approximate surface area is 118 Å². The summed E-state index contributed by atoms with van der Waals surface area (Å²) in [5.41, 5.74) is 0.961. The van der Waals surface area contributed by atoms with Crippen molar-refractivity contribution < 1.29 is 18.5 Å². The van der Waals surface area contributed by atoms with E-state index >= 15 is 0 Å². The van der Waals surface area contributed by atoms with Gasteiger partial charge in [-0.15, -0.1) is 0 Å². The third kappa shape index (κ3) is 4.86. The smallest absolute Gasteiger partial charge is 0.311 e. The average Bonchev–Trinajstić information content (AvgIpc) is 2.47. The molecule has 0 fully saturated rings. The Balaban J connectivity index is 2.94. The molecule has 0 aliphatic rings. The molecule has 4 nitrogen and oxygen atoms in total. The standard InChI is InChI=1S/C14H20O4S/c1-16-10-9-12(14(15)17-2)13(18-19-3)11-7-5-4-6-8-11/h4-8,12-13H,9-10H2,1-3H3. The van der Waals surface area contributed by atoms with E-state index in [9.17, 15) is 4.79 Å². The zero-order chi connectivity index (χ0) is 14.1. The van der Waals surface area contributed by atoms with Gasteiger partial charge in [-0.2, -0.15) is 0 Å². The molecule has 0 saturated carbocycles. The van der Waals surface area contributed by atoms with Crippen LogP contribution in [0.1, 0.15) is 18.1 Å². The number of ether oxygens (including phenoxy) is 2.